The standard InChI is InChI=1S/C13H22N2/c1-10(8-13(3,4)5)7-12-14-11(2)9-15(12)6/h7,9H,8H2,1-6H3/b10-7+. The normalized spacial score (nSPS) is 13.3. The molecule has 0 saturated carbocycles. The van der Waals surface area contributed by atoms with Gasteiger partial charge in [-0.25, -0.2) is 4.98 Å². The van der Waals surface area contributed by atoms with E-state index in [0.29, 0.717) is 5.41 Å². The Morgan fingerprint density at radius 1 is 1.47 bits per heavy atom. The number of imidazole rings is 1. The van der Waals surface area contributed by atoms with Gasteiger partial charge in [0.05, 0.1) is 5.69 Å². The lowest BCUT2D eigenvalue weighted by atomic mass is 9.88. The quantitative estimate of drug-likeness (QED) is 0.723. The molecule has 2 heteroatoms. The summed E-state index contributed by atoms with van der Waals surface area (Å²) in [6.07, 6.45) is 5.34. The zero-order valence-corrected chi connectivity index (χ0v) is 10.8. The number of rotatable bonds is 2. The van der Waals surface area contributed by atoms with E-state index in [1.165, 1.54) is 5.57 Å². The van der Waals surface area contributed by atoms with Crippen LogP contribution in [0, 0.1) is 12.3 Å². The van der Waals surface area contributed by atoms with Crippen molar-refractivity contribution in [2.24, 2.45) is 12.5 Å². The van der Waals surface area contributed by atoms with Gasteiger partial charge in [-0.1, -0.05) is 26.3 Å². The van der Waals surface area contributed by atoms with Crippen molar-refractivity contribution in [1.82, 2.24) is 9.55 Å². The highest BCUT2D eigenvalue weighted by Gasteiger charge is 2.11. The summed E-state index contributed by atoms with van der Waals surface area (Å²) in [4.78, 5) is 4.47. The number of aromatic nitrogens is 2. The molecule has 0 amide bonds. The SMILES string of the molecule is C/C(=C\c1nc(C)cn1C)CC(C)(C)C. The Hall–Kier alpha value is -1.05. The van der Waals surface area contributed by atoms with Crippen LogP contribution < -0.4 is 0 Å². The van der Waals surface area contributed by atoms with E-state index in [1.54, 1.807) is 0 Å². The Morgan fingerprint density at radius 3 is 2.47 bits per heavy atom. The van der Waals surface area contributed by atoms with Gasteiger partial charge in [-0.3, -0.25) is 0 Å². The Morgan fingerprint density at radius 2 is 2.07 bits per heavy atom. The molecule has 0 saturated heterocycles. The monoisotopic (exact) mass is 206 g/mol. The first-order valence-electron chi connectivity index (χ1n) is 5.45. The topological polar surface area (TPSA) is 17.8 Å². The summed E-state index contributed by atoms with van der Waals surface area (Å²) in [6.45, 7) is 11.0. The van der Waals surface area contributed by atoms with Crippen molar-refractivity contribution in [3.63, 3.8) is 0 Å². The molecule has 0 aliphatic carbocycles. The molecule has 0 aliphatic rings. The van der Waals surface area contributed by atoms with Crippen molar-refractivity contribution in [2.75, 3.05) is 0 Å². The van der Waals surface area contributed by atoms with E-state index in [1.807, 2.05) is 14.0 Å². The molecule has 0 atom stereocenters. The Bertz CT molecular complexity index is 364. The first-order valence-corrected chi connectivity index (χ1v) is 5.45. The van der Waals surface area contributed by atoms with Gasteiger partial charge < -0.3 is 4.57 Å². The molecule has 0 aromatic carbocycles. The predicted molar refractivity (Wildman–Crippen MR) is 65.7 cm³/mol. The van der Waals surface area contributed by atoms with Crippen LogP contribution in [0.25, 0.3) is 6.08 Å². The molecule has 0 radical (unpaired) electrons. The van der Waals surface area contributed by atoms with E-state index >= 15 is 0 Å². The molecule has 1 heterocycles. The fourth-order valence-corrected chi connectivity index (χ4v) is 1.88. The lowest BCUT2D eigenvalue weighted by molar-refractivity contribution is 0.410. The zero-order chi connectivity index (χ0) is 11.6. The number of nitrogens with zero attached hydrogens (tertiary/aromatic N) is 2. The molecule has 0 spiro atoms. The average molecular weight is 206 g/mol. The number of hydrogen-bond donors (Lipinski definition) is 0. The smallest absolute Gasteiger partial charge is 0.132 e. The second kappa shape index (κ2) is 4.21. The van der Waals surface area contributed by atoms with Crippen molar-refractivity contribution in [2.45, 2.75) is 41.0 Å². The maximum Gasteiger partial charge on any atom is 0.132 e. The summed E-state index contributed by atoms with van der Waals surface area (Å²) in [5, 5.41) is 0. The lowest BCUT2D eigenvalue weighted by Gasteiger charge is -2.18. The van der Waals surface area contributed by atoms with Crippen LogP contribution in [0.5, 0.6) is 0 Å². The van der Waals surface area contributed by atoms with Crippen LogP contribution in [0.3, 0.4) is 0 Å². The zero-order valence-electron chi connectivity index (χ0n) is 10.8. The number of aryl methyl sites for hydroxylation is 2. The first kappa shape index (κ1) is 12.0. The van der Waals surface area contributed by atoms with Crippen molar-refractivity contribution < 1.29 is 0 Å². The molecular formula is C13H22N2. The molecule has 15 heavy (non-hydrogen) atoms. The van der Waals surface area contributed by atoms with Crippen LogP contribution in [0.15, 0.2) is 11.8 Å². The minimum atomic E-state index is 0.348. The minimum absolute atomic E-state index is 0.348. The molecule has 0 aliphatic heterocycles. The van der Waals surface area contributed by atoms with Gasteiger partial charge in [-0.2, -0.15) is 0 Å². The van der Waals surface area contributed by atoms with Gasteiger partial charge in [-0.15, -0.1) is 0 Å². The fourth-order valence-electron chi connectivity index (χ4n) is 1.88. The summed E-state index contributed by atoms with van der Waals surface area (Å²) >= 11 is 0. The van der Waals surface area contributed by atoms with Gasteiger partial charge in [0.1, 0.15) is 5.82 Å². The summed E-state index contributed by atoms with van der Waals surface area (Å²) in [7, 11) is 2.04. The van der Waals surface area contributed by atoms with E-state index in [2.05, 4.69) is 49.5 Å². The minimum Gasteiger partial charge on any atom is -0.334 e. The highest BCUT2D eigenvalue weighted by Crippen LogP contribution is 2.24. The molecule has 1 aromatic heterocycles. The second-order valence-corrected chi connectivity index (χ2v) is 5.58. The van der Waals surface area contributed by atoms with E-state index in [0.717, 1.165) is 17.9 Å². The summed E-state index contributed by atoms with van der Waals surface area (Å²) in [5.41, 5.74) is 2.81. The number of hydrogen-bond acceptors (Lipinski definition) is 1. The summed E-state index contributed by atoms with van der Waals surface area (Å²) in [6, 6.07) is 0. The lowest BCUT2D eigenvalue weighted by Crippen LogP contribution is -2.05. The molecule has 0 N–H and O–H groups in total. The molecule has 1 aromatic rings. The van der Waals surface area contributed by atoms with Crippen LogP contribution >= 0.6 is 0 Å². The van der Waals surface area contributed by atoms with Crippen molar-refractivity contribution in [1.29, 1.82) is 0 Å². The van der Waals surface area contributed by atoms with Crippen molar-refractivity contribution >= 4 is 6.08 Å². The average Bonchev–Trinajstić information content (AvgIpc) is 2.25. The Labute approximate surface area is 93.0 Å². The van der Waals surface area contributed by atoms with Gasteiger partial charge in [0.15, 0.2) is 0 Å². The van der Waals surface area contributed by atoms with Gasteiger partial charge in [0.25, 0.3) is 0 Å². The first-order chi connectivity index (χ1) is 6.78. The largest absolute Gasteiger partial charge is 0.334 e. The maximum atomic E-state index is 4.47. The van der Waals surface area contributed by atoms with Gasteiger partial charge in [0.2, 0.25) is 0 Å². The van der Waals surface area contributed by atoms with E-state index in [9.17, 15) is 0 Å². The second-order valence-electron chi connectivity index (χ2n) is 5.58. The van der Waals surface area contributed by atoms with Gasteiger partial charge >= 0.3 is 0 Å². The molecule has 0 bridgehead atoms. The molecular weight excluding hydrogens is 184 g/mol. The molecule has 0 fully saturated rings. The van der Waals surface area contributed by atoms with E-state index < -0.39 is 0 Å². The maximum absolute atomic E-state index is 4.47. The van der Waals surface area contributed by atoms with Crippen LogP contribution in [0.4, 0.5) is 0 Å². The Kier molecular flexibility index (Phi) is 3.38. The van der Waals surface area contributed by atoms with Gasteiger partial charge in [-0.05, 0) is 31.8 Å². The van der Waals surface area contributed by atoms with E-state index in [-0.39, 0.29) is 0 Å². The van der Waals surface area contributed by atoms with Crippen LogP contribution in [-0.2, 0) is 7.05 Å². The number of allylic oxidation sites excluding steroid dienone is 1. The molecule has 84 valence electrons. The third-order valence-corrected chi connectivity index (χ3v) is 2.22. The van der Waals surface area contributed by atoms with Gasteiger partial charge in [0, 0.05) is 13.2 Å². The predicted octanol–water partition coefficient (Wildman–Crippen LogP) is 3.57. The van der Waals surface area contributed by atoms with Crippen LogP contribution in [0.2, 0.25) is 0 Å². The molecule has 2 nitrogen and oxygen atoms in total. The third kappa shape index (κ3) is 3.90. The van der Waals surface area contributed by atoms with Crippen LogP contribution in [0.1, 0.15) is 45.6 Å². The highest BCUT2D eigenvalue weighted by atomic mass is 15.0. The summed E-state index contributed by atoms with van der Waals surface area (Å²) < 4.78 is 2.07. The van der Waals surface area contributed by atoms with E-state index in [4.69, 9.17) is 0 Å². The summed E-state index contributed by atoms with van der Waals surface area (Å²) in [5.74, 6) is 1.05. The molecule has 1 rings (SSSR count). The van der Waals surface area contributed by atoms with Crippen molar-refractivity contribution in [3.8, 4) is 0 Å². The third-order valence-electron chi connectivity index (χ3n) is 2.22. The van der Waals surface area contributed by atoms with Crippen LogP contribution in [-0.4, -0.2) is 9.55 Å². The Balaban J connectivity index is 2.83. The fraction of sp³-hybridized carbons (Fsp3) is 0.615. The van der Waals surface area contributed by atoms with Crippen molar-refractivity contribution in [3.05, 3.63) is 23.3 Å². The highest BCUT2D eigenvalue weighted by molar-refractivity contribution is 5.45. The molecule has 0 unspecified atom stereocenters.